The van der Waals surface area contributed by atoms with Crippen molar-refractivity contribution in [3.63, 3.8) is 0 Å². The normalized spacial score (nSPS) is 15.8. The first-order valence-electron chi connectivity index (χ1n) is 24.3. The van der Waals surface area contributed by atoms with E-state index < -0.39 is 0 Å². The van der Waals surface area contributed by atoms with Gasteiger partial charge in [0, 0.05) is 38.8 Å². The molecule has 9 aromatic carbocycles. The van der Waals surface area contributed by atoms with Crippen LogP contribution in [0, 0.1) is 5.41 Å². The van der Waals surface area contributed by atoms with Gasteiger partial charge < -0.3 is 9.47 Å². The van der Waals surface area contributed by atoms with Gasteiger partial charge in [-0.25, -0.2) is 0 Å². The number of anilines is 3. The second-order valence-electron chi connectivity index (χ2n) is 21.4. The summed E-state index contributed by atoms with van der Waals surface area (Å²) < 4.78 is 2.44. The molecular formula is C66H58N2. The molecule has 1 aromatic heterocycles. The van der Waals surface area contributed by atoms with Crippen LogP contribution in [0.15, 0.2) is 206 Å². The Hall–Kier alpha value is -7.42. The second-order valence-corrected chi connectivity index (χ2v) is 21.4. The molecule has 0 bridgehead atoms. The lowest BCUT2D eigenvalue weighted by molar-refractivity contribution is 0.125. The number of nitrogens with zero attached hydrogens (tertiary/aromatic N) is 2. The van der Waals surface area contributed by atoms with E-state index in [4.69, 9.17) is 0 Å². The zero-order chi connectivity index (χ0) is 46.7. The summed E-state index contributed by atoms with van der Waals surface area (Å²) in [5, 5.41) is 2.54. The number of hydrogen-bond donors (Lipinski definition) is 0. The van der Waals surface area contributed by atoms with Crippen LogP contribution >= 0.6 is 0 Å². The molecule has 0 amide bonds. The van der Waals surface area contributed by atoms with E-state index in [0.29, 0.717) is 0 Å². The fourth-order valence-electron chi connectivity index (χ4n) is 12.2. The van der Waals surface area contributed by atoms with Crippen molar-refractivity contribution in [2.24, 2.45) is 5.41 Å². The predicted octanol–water partition coefficient (Wildman–Crippen LogP) is 18.2. The molecule has 2 nitrogen and oxygen atoms in total. The molecule has 0 unspecified atom stereocenters. The van der Waals surface area contributed by atoms with Gasteiger partial charge in [-0.05, 0) is 144 Å². The van der Waals surface area contributed by atoms with Gasteiger partial charge in [-0.1, -0.05) is 195 Å². The largest absolute Gasteiger partial charge is 0.310 e. The van der Waals surface area contributed by atoms with Crippen LogP contribution < -0.4 is 4.90 Å². The number of hydrogen-bond acceptors (Lipinski definition) is 1. The first-order chi connectivity index (χ1) is 32.8. The van der Waals surface area contributed by atoms with E-state index in [1.807, 2.05) is 0 Å². The topological polar surface area (TPSA) is 8.17 Å². The zero-order valence-corrected chi connectivity index (χ0v) is 40.5. The monoisotopic (exact) mass is 878 g/mol. The van der Waals surface area contributed by atoms with E-state index >= 15 is 0 Å². The third kappa shape index (κ3) is 6.02. The average Bonchev–Trinajstić information content (AvgIpc) is 3.86. The maximum absolute atomic E-state index is 2.55. The summed E-state index contributed by atoms with van der Waals surface area (Å²) in [5.41, 5.74) is 22.4. The van der Waals surface area contributed by atoms with Crippen LogP contribution in [0.1, 0.15) is 77.6 Å². The van der Waals surface area contributed by atoms with Crippen molar-refractivity contribution in [3.8, 4) is 50.2 Å². The molecule has 0 saturated heterocycles. The maximum atomic E-state index is 2.55. The first kappa shape index (κ1) is 42.0. The minimum atomic E-state index is -0.117. The van der Waals surface area contributed by atoms with E-state index in [-0.39, 0.29) is 21.7 Å². The van der Waals surface area contributed by atoms with Crippen molar-refractivity contribution < 1.29 is 0 Å². The molecule has 68 heavy (non-hydrogen) atoms. The van der Waals surface area contributed by atoms with Crippen LogP contribution in [0.2, 0.25) is 0 Å². The van der Waals surface area contributed by atoms with Crippen molar-refractivity contribution in [1.29, 1.82) is 0 Å². The molecule has 332 valence electrons. The molecule has 0 atom stereocenters. The molecule has 2 aliphatic rings. The number of rotatable bonds is 7. The highest BCUT2D eigenvalue weighted by molar-refractivity contribution is 6.09. The Morgan fingerprint density at radius 3 is 1.47 bits per heavy atom. The summed E-state index contributed by atoms with van der Waals surface area (Å²) in [6.07, 6.45) is 0. The van der Waals surface area contributed by atoms with E-state index in [0.717, 1.165) is 17.1 Å². The Kier molecular flexibility index (Phi) is 9.29. The van der Waals surface area contributed by atoms with Crippen LogP contribution in [0.4, 0.5) is 17.1 Å². The third-order valence-electron chi connectivity index (χ3n) is 17.1. The van der Waals surface area contributed by atoms with E-state index in [1.54, 1.807) is 0 Å². The van der Waals surface area contributed by atoms with Gasteiger partial charge in [0.1, 0.15) is 0 Å². The molecule has 0 radical (unpaired) electrons. The van der Waals surface area contributed by atoms with Gasteiger partial charge in [-0.3, -0.25) is 0 Å². The van der Waals surface area contributed by atoms with Crippen molar-refractivity contribution in [1.82, 2.24) is 4.57 Å². The molecule has 0 aliphatic heterocycles. The van der Waals surface area contributed by atoms with E-state index in [2.05, 4.69) is 271 Å². The summed E-state index contributed by atoms with van der Waals surface area (Å²) in [5.74, 6) is 0. The van der Waals surface area contributed by atoms with Gasteiger partial charge in [-0.15, -0.1) is 0 Å². The van der Waals surface area contributed by atoms with E-state index in [9.17, 15) is 0 Å². The summed E-state index contributed by atoms with van der Waals surface area (Å²) in [7, 11) is 0. The zero-order valence-electron chi connectivity index (χ0n) is 40.5. The number of fused-ring (bicyclic) bond motifs is 7. The third-order valence-corrected chi connectivity index (χ3v) is 17.1. The molecule has 0 spiro atoms. The second kappa shape index (κ2) is 15.0. The molecule has 10 aromatic rings. The minimum Gasteiger partial charge on any atom is -0.310 e. The van der Waals surface area contributed by atoms with Gasteiger partial charge in [0.05, 0.1) is 16.7 Å². The highest BCUT2D eigenvalue weighted by atomic mass is 15.1. The van der Waals surface area contributed by atoms with Crippen LogP contribution in [-0.2, 0) is 16.2 Å². The highest BCUT2D eigenvalue weighted by Gasteiger charge is 2.57. The van der Waals surface area contributed by atoms with Gasteiger partial charge in [0.25, 0.3) is 0 Å². The Bertz CT molecular complexity index is 3550. The van der Waals surface area contributed by atoms with Gasteiger partial charge in [-0.2, -0.15) is 0 Å². The predicted molar refractivity (Wildman–Crippen MR) is 289 cm³/mol. The van der Waals surface area contributed by atoms with E-state index in [1.165, 1.54) is 94.3 Å². The lowest BCUT2D eigenvalue weighted by Gasteiger charge is -2.44. The van der Waals surface area contributed by atoms with Crippen LogP contribution in [0.3, 0.4) is 0 Å². The molecule has 2 aliphatic carbocycles. The lowest BCUT2D eigenvalue weighted by Crippen LogP contribution is -2.42. The minimum absolute atomic E-state index is 0.0204. The van der Waals surface area contributed by atoms with Gasteiger partial charge in [0.15, 0.2) is 0 Å². The molecule has 12 rings (SSSR count). The first-order valence-corrected chi connectivity index (χ1v) is 24.3. The molecule has 0 fully saturated rings. The summed E-state index contributed by atoms with van der Waals surface area (Å²) >= 11 is 0. The highest BCUT2D eigenvalue weighted by Crippen LogP contribution is 2.63. The summed E-state index contributed by atoms with van der Waals surface area (Å²) in [6.45, 7) is 19.5. The Morgan fingerprint density at radius 2 is 0.838 bits per heavy atom. The molecule has 0 saturated carbocycles. The SMILES string of the molecule is CC1(C)c2ccccc2-c2c(N(c3ccc(-c4ccccc4)cc3)c3ccc(-c4cc5c(cc4-c4cccc(-n6c7ccccc7c7ccccc76)c4)C(C)(C)C(C)(C)C5(C)C)cc3)cccc21. The van der Waals surface area contributed by atoms with Crippen LogP contribution in [0.25, 0.3) is 72.0 Å². The Labute approximate surface area is 402 Å². The fraction of sp³-hybridized carbons (Fsp3) is 0.182. The molecular weight excluding hydrogens is 821 g/mol. The number of aromatic nitrogens is 1. The Morgan fingerprint density at radius 1 is 0.353 bits per heavy atom. The smallest absolute Gasteiger partial charge is 0.0543 e. The molecule has 2 heteroatoms. The van der Waals surface area contributed by atoms with Gasteiger partial charge >= 0.3 is 0 Å². The fourth-order valence-corrected chi connectivity index (χ4v) is 12.2. The quantitative estimate of drug-likeness (QED) is 0.155. The average molecular weight is 879 g/mol. The van der Waals surface area contributed by atoms with Crippen molar-refractivity contribution in [2.45, 2.75) is 71.6 Å². The van der Waals surface area contributed by atoms with Crippen LogP contribution in [-0.4, -0.2) is 4.57 Å². The van der Waals surface area contributed by atoms with Crippen molar-refractivity contribution >= 4 is 38.9 Å². The van der Waals surface area contributed by atoms with Gasteiger partial charge in [0.2, 0.25) is 0 Å². The Balaban J connectivity index is 1.04. The van der Waals surface area contributed by atoms with Crippen LogP contribution in [0.5, 0.6) is 0 Å². The molecule has 1 heterocycles. The lowest BCUT2D eigenvalue weighted by atomic mass is 9.59. The number of para-hydroxylation sites is 2. The summed E-state index contributed by atoms with van der Waals surface area (Å²) in [4.78, 5) is 2.47. The number of benzene rings is 9. The standard InChI is InChI=1S/C66H58N2/c1-63(2)55-27-15-12-26-52(55)62-56(63)28-19-31-61(62)67(47-36-32-44(33-37-47)43-20-10-9-11-21-43)48-38-34-45(35-39-48)53-41-57-58(65(5,6)66(7,8)64(57,3)4)42-54(53)46-22-18-23-49(40-46)68-59-29-16-13-24-50(59)51-25-14-17-30-60(51)68/h9-42H,1-8H3. The summed E-state index contributed by atoms with van der Waals surface area (Å²) in [6, 6.07) is 77.0. The molecule has 0 N–H and O–H groups in total. The van der Waals surface area contributed by atoms with Crippen molar-refractivity contribution in [2.75, 3.05) is 4.90 Å². The van der Waals surface area contributed by atoms with Crippen molar-refractivity contribution in [3.05, 3.63) is 229 Å². The maximum Gasteiger partial charge on any atom is 0.0543 e.